The summed E-state index contributed by atoms with van der Waals surface area (Å²) in [6.45, 7) is 11.0. The van der Waals surface area contributed by atoms with Crippen molar-refractivity contribution in [3.8, 4) is 0 Å². The Labute approximate surface area is 123 Å². The summed E-state index contributed by atoms with van der Waals surface area (Å²) in [4.78, 5) is 0. The second kappa shape index (κ2) is 5.24. The van der Waals surface area contributed by atoms with Gasteiger partial charge in [0.2, 0.25) is 0 Å². The Kier molecular flexibility index (Phi) is 3.58. The Bertz CT molecular complexity index is 570. The molecule has 0 aromatic heterocycles. The van der Waals surface area contributed by atoms with Crippen molar-refractivity contribution in [3.05, 3.63) is 46.0 Å². The number of rotatable bonds is 3. The minimum absolute atomic E-state index is 0.707. The number of hydrogen-bond acceptors (Lipinski definition) is 0. The van der Waals surface area contributed by atoms with Crippen LogP contribution in [0.25, 0.3) is 12.2 Å². The fourth-order valence-electron chi connectivity index (χ4n) is 3.70. The van der Waals surface area contributed by atoms with Crippen molar-refractivity contribution in [2.75, 3.05) is 0 Å². The zero-order valence-electron chi connectivity index (χ0n) is 13.1. The highest BCUT2D eigenvalue weighted by Crippen LogP contribution is 2.40. The molecule has 0 bridgehead atoms. The van der Waals surface area contributed by atoms with E-state index < -0.39 is 0 Å². The molecule has 1 fully saturated rings. The van der Waals surface area contributed by atoms with E-state index in [-0.39, 0.29) is 0 Å². The third kappa shape index (κ3) is 2.37. The number of benzene rings is 1. The molecule has 2 aliphatic rings. The first-order chi connectivity index (χ1) is 9.61. The molecule has 1 aromatic rings. The molecular formula is C20H26. The maximum atomic E-state index is 4.10. The van der Waals surface area contributed by atoms with Crippen molar-refractivity contribution in [2.24, 2.45) is 5.92 Å². The minimum Gasteiger partial charge on any atom is -0.0984 e. The van der Waals surface area contributed by atoms with Gasteiger partial charge in [-0.15, -0.1) is 0 Å². The van der Waals surface area contributed by atoms with Gasteiger partial charge in [-0.25, -0.2) is 0 Å². The van der Waals surface area contributed by atoms with Crippen molar-refractivity contribution in [3.63, 3.8) is 0 Å². The first kappa shape index (κ1) is 13.7. The van der Waals surface area contributed by atoms with E-state index in [4.69, 9.17) is 0 Å². The molecule has 1 unspecified atom stereocenters. The van der Waals surface area contributed by atoms with Crippen LogP contribution in [-0.2, 0) is 6.42 Å². The lowest BCUT2D eigenvalue weighted by atomic mass is 9.78. The third-order valence-electron chi connectivity index (χ3n) is 5.15. The standard InChI is InChI=1S/C20H26/c1-5-17-18-8-6-7-13(2)19(18)12-15(4)20(17)11-14(3)16-9-10-16/h5,11-13,16H,1,6-10H2,2-4H3/b14-11+. The molecule has 0 amide bonds. The lowest BCUT2D eigenvalue weighted by Gasteiger charge is -2.26. The van der Waals surface area contributed by atoms with Crippen molar-refractivity contribution in [1.82, 2.24) is 0 Å². The molecule has 0 heterocycles. The van der Waals surface area contributed by atoms with Gasteiger partial charge in [-0.2, -0.15) is 0 Å². The van der Waals surface area contributed by atoms with Gasteiger partial charge in [-0.3, -0.25) is 0 Å². The Balaban J connectivity index is 2.14. The average Bonchev–Trinajstić information content (AvgIpc) is 3.25. The zero-order valence-corrected chi connectivity index (χ0v) is 13.1. The van der Waals surface area contributed by atoms with Crippen LogP contribution in [-0.4, -0.2) is 0 Å². The van der Waals surface area contributed by atoms with E-state index in [0.29, 0.717) is 5.92 Å². The molecule has 106 valence electrons. The maximum Gasteiger partial charge on any atom is -0.0152 e. The summed E-state index contributed by atoms with van der Waals surface area (Å²) in [6.07, 6.45) is 11.2. The molecule has 0 radical (unpaired) electrons. The second-order valence-electron chi connectivity index (χ2n) is 6.75. The molecule has 2 aliphatic carbocycles. The summed E-state index contributed by atoms with van der Waals surface area (Å²) in [7, 11) is 0. The Morgan fingerprint density at radius 3 is 2.65 bits per heavy atom. The van der Waals surface area contributed by atoms with Crippen LogP contribution in [0.4, 0.5) is 0 Å². The Morgan fingerprint density at radius 2 is 2.00 bits per heavy atom. The van der Waals surface area contributed by atoms with Crippen LogP contribution in [0.1, 0.15) is 73.3 Å². The summed E-state index contributed by atoms with van der Waals surface area (Å²) in [5.41, 5.74) is 8.96. The first-order valence-corrected chi connectivity index (χ1v) is 8.08. The molecule has 1 atom stereocenters. The van der Waals surface area contributed by atoms with Crippen molar-refractivity contribution < 1.29 is 0 Å². The van der Waals surface area contributed by atoms with Crippen LogP contribution in [0.5, 0.6) is 0 Å². The number of aryl methyl sites for hydroxylation is 1. The van der Waals surface area contributed by atoms with Crippen LogP contribution < -0.4 is 0 Å². The highest BCUT2D eigenvalue weighted by molar-refractivity contribution is 5.73. The molecule has 0 saturated heterocycles. The van der Waals surface area contributed by atoms with Gasteiger partial charge >= 0.3 is 0 Å². The van der Waals surface area contributed by atoms with E-state index in [1.807, 2.05) is 0 Å². The van der Waals surface area contributed by atoms with E-state index in [1.165, 1.54) is 48.8 Å². The van der Waals surface area contributed by atoms with E-state index >= 15 is 0 Å². The van der Waals surface area contributed by atoms with Gasteiger partial charge in [0.15, 0.2) is 0 Å². The monoisotopic (exact) mass is 266 g/mol. The van der Waals surface area contributed by atoms with Crippen LogP contribution in [0.2, 0.25) is 0 Å². The van der Waals surface area contributed by atoms with E-state index in [9.17, 15) is 0 Å². The van der Waals surface area contributed by atoms with E-state index in [2.05, 4.69) is 45.6 Å². The minimum atomic E-state index is 0.707. The molecule has 0 heteroatoms. The fraction of sp³-hybridized carbons (Fsp3) is 0.500. The van der Waals surface area contributed by atoms with Crippen LogP contribution in [0.3, 0.4) is 0 Å². The molecular weight excluding hydrogens is 240 g/mol. The molecule has 1 saturated carbocycles. The first-order valence-electron chi connectivity index (χ1n) is 8.08. The van der Waals surface area contributed by atoms with Gasteiger partial charge in [-0.05, 0) is 85.6 Å². The highest BCUT2D eigenvalue weighted by atomic mass is 14.3. The summed E-state index contributed by atoms with van der Waals surface area (Å²) in [6, 6.07) is 2.44. The summed E-state index contributed by atoms with van der Waals surface area (Å²) in [5, 5.41) is 0. The fourth-order valence-corrected chi connectivity index (χ4v) is 3.70. The molecule has 3 rings (SSSR count). The normalized spacial score (nSPS) is 22.6. The number of hydrogen-bond donors (Lipinski definition) is 0. The lowest BCUT2D eigenvalue weighted by Crippen LogP contribution is -2.11. The molecule has 0 spiro atoms. The Morgan fingerprint density at radius 1 is 1.25 bits per heavy atom. The quantitative estimate of drug-likeness (QED) is 0.639. The predicted octanol–water partition coefficient (Wildman–Crippen LogP) is 5.89. The zero-order chi connectivity index (χ0) is 14.3. The summed E-state index contributed by atoms with van der Waals surface area (Å²) >= 11 is 0. The van der Waals surface area contributed by atoms with Gasteiger partial charge in [-0.1, -0.05) is 37.3 Å². The lowest BCUT2D eigenvalue weighted by molar-refractivity contribution is 0.589. The molecule has 0 nitrogen and oxygen atoms in total. The highest BCUT2D eigenvalue weighted by Gasteiger charge is 2.24. The topological polar surface area (TPSA) is 0 Å². The average molecular weight is 266 g/mol. The van der Waals surface area contributed by atoms with Gasteiger partial charge in [0, 0.05) is 0 Å². The van der Waals surface area contributed by atoms with Crippen LogP contribution >= 0.6 is 0 Å². The van der Waals surface area contributed by atoms with Gasteiger partial charge in [0.1, 0.15) is 0 Å². The third-order valence-corrected chi connectivity index (χ3v) is 5.15. The van der Waals surface area contributed by atoms with Crippen LogP contribution in [0, 0.1) is 12.8 Å². The van der Waals surface area contributed by atoms with Gasteiger partial charge < -0.3 is 0 Å². The maximum absolute atomic E-state index is 4.10. The number of allylic oxidation sites excluding steroid dienone is 1. The predicted molar refractivity (Wildman–Crippen MR) is 89.0 cm³/mol. The van der Waals surface area contributed by atoms with E-state index in [0.717, 1.165) is 5.92 Å². The SMILES string of the molecule is C=Cc1c(/C=C(\C)C2CC2)c(C)cc2c1CCCC2C. The summed E-state index contributed by atoms with van der Waals surface area (Å²) < 4.78 is 0. The number of fused-ring (bicyclic) bond motifs is 1. The van der Waals surface area contributed by atoms with Gasteiger partial charge in [0.25, 0.3) is 0 Å². The largest absolute Gasteiger partial charge is 0.0984 e. The molecule has 20 heavy (non-hydrogen) atoms. The smallest absolute Gasteiger partial charge is 0.0152 e. The molecule has 1 aromatic carbocycles. The van der Waals surface area contributed by atoms with Gasteiger partial charge in [0.05, 0.1) is 0 Å². The van der Waals surface area contributed by atoms with Crippen molar-refractivity contribution in [1.29, 1.82) is 0 Å². The van der Waals surface area contributed by atoms with E-state index in [1.54, 1.807) is 16.7 Å². The van der Waals surface area contributed by atoms with Crippen LogP contribution in [0.15, 0.2) is 18.2 Å². The van der Waals surface area contributed by atoms with Crippen molar-refractivity contribution in [2.45, 2.75) is 58.8 Å². The second-order valence-corrected chi connectivity index (χ2v) is 6.75. The molecule has 0 aliphatic heterocycles. The molecule has 0 N–H and O–H groups in total. The Hall–Kier alpha value is -1.30. The summed E-state index contributed by atoms with van der Waals surface area (Å²) in [5.74, 6) is 1.56. The van der Waals surface area contributed by atoms with Crippen molar-refractivity contribution >= 4 is 12.2 Å².